The zero-order valence-electron chi connectivity index (χ0n) is 13.3. The van der Waals surface area contributed by atoms with E-state index in [1.807, 2.05) is 0 Å². The van der Waals surface area contributed by atoms with Crippen molar-refractivity contribution in [1.29, 1.82) is 0 Å². The van der Waals surface area contributed by atoms with Gasteiger partial charge in [-0.1, -0.05) is 0 Å². The molecule has 9 heteroatoms. The van der Waals surface area contributed by atoms with Gasteiger partial charge in [-0.2, -0.15) is 4.80 Å². The summed E-state index contributed by atoms with van der Waals surface area (Å²) < 4.78 is 5.36. The fourth-order valence-electron chi connectivity index (χ4n) is 2.40. The number of tetrazole rings is 1. The van der Waals surface area contributed by atoms with Gasteiger partial charge in [-0.05, 0) is 32.9 Å². The maximum absolute atomic E-state index is 12.3. The van der Waals surface area contributed by atoms with Gasteiger partial charge in [0.25, 0.3) is 0 Å². The van der Waals surface area contributed by atoms with Gasteiger partial charge >= 0.3 is 6.09 Å². The second-order valence-electron chi connectivity index (χ2n) is 6.37. The van der Waals surface area contributed by atoms with E-state index in [-0.39, 0.29) is 18.4 Å². The fourth-order valence-corrected chi connectivity index (χ4v) is 2.40. The summed E-state index contributed by atoms with van der Waals surface area (Å²) in [6, 6.07) is -0.828. The topological polar surface area (TPSA) is 116 Å². The summed E-state index contributed by atoms with van der Waals surface area (Å²) in [6.07, 6.45) is -0.121. The molecule has 22 heavy (non-hydrogen) atoms. The molecule has 1 aromatic heterocycles. The number of hydrogen-bond donors (Lipinski definition) is 1. The van der Waals surface area contributed by atoms with Crippen LogP contribution in [0.15, 0.2) is 0 Å². The highest BCUT2D eigenvalue weighted by Crippen LogP contribution is 2.28. The van der Waals surface area contributed by atoms with Crippen molar-refractivity contribution >= 4 is 11.9 Å². The predicted octanol–water partition coefficient (Wildman–Crippen LogP) is 0.0598. The van der Waals surface area contributed by atoms with E-state index in [0.29, 0.717) is 18.8 Å². The number of amides is 1. The standard InChI is InChI=1S/C13H22N6O3/c1-8-15-17-19(16-8)9-5-10(11(20)6-14)18(7-9)12(21)22-13(2,3)4/h9-10H,5-7,14H2,1-4H3/t9-,10-/m0/s1. The highest BCUT2D eigenvalue weighted by Gasteiger charge is 2.42. The number of Topliss-reactive ketones (excluding diaryl/α,β-unsaturated/α-hetero) is 1. The number of hydrogen-bond acceptors (Lipinski definition) is 7. The van der Waals surface area contributed by atoms with E-state index in [2.05, 4.69) is 15.4 Å². The van der Waals surface area contributed by atoms with Gasteiger partial charge in [0.05, 0.1) is 18.6 Å². The van der Waals surface area contributed by atoms with Crippen LogP contribution < -0.4 is 5.73 Å². The average Bonchev–Trinajstić information content (AvgIpc) is 3.01. The number of rotatable bonds is 3. The molecule has 1 aromatic rings. The first-order valence-electron chi connectivity index (χ1n) is 7.20. The number of aromatic nitrogens is 4. The molecule has 2 rings (SSSR count). The molecule has 1 saturated heterocycles. The third-order valence-corrected chi connectivity index (χ3v) is 3.33. The van der Waals surface area contributed by atoms with Crippen LogP contribution in [0.5, 0.6) is 0 Å². The number of nitrogens with two attached hydrogens (primary N) is 1. The Balaban J connectivity index is 2.18. The van der Waals surface area contributed by atoms with Crippen LogP contribution in [0.25, 0.3) is 0 Å². The fraction of sp³-hybridized carbons (Fsp3) is 0.769. The summed E-state index contributed by atoms with van der Waals surface area (Å²) in [6.45, 7) is 7.23. The first-order chi connectivity index (χ1) is 10.2. The van der Waals surface area contributed by atoms with Crippen LogP contribution >= 0.6 is 0 Å². The molecule has 0 aromatic carbocycles. The van der Waals surface area contributed by atoms with E-state index >= 15 is 0 Å². The molecule has 0 radical (unpaired) electrons. The number of ketones is 1. The minimum absolute atomic E-state index is 0.125. The molecule has 0 saturated carbocycles. The highest BCUT2D eigenvalue weighted by atomic mass is 16.6. The lowest BCUT2D eigenvalue weighted by Gasteiger charge is -2.27. The van der Waals surface area contributed by atoms with Crippen molar-refractivity contribution in [3.8, 4) is 0 Å². The Hall–Kier alpha value is -2.03. The lowest BCUT2D eigenvalue weighted by atomic mass is 10.1. The quantitative estimate of drug-likeness (QED) is 0.839. The molecular weight excluding hydrogens is 288 g/mol. The van der Waals surface area contributed by atoms with Crippen LogP contribution in [-0.2, 0) is 9.53 Å². The predicted molar refractivity (Wildman–Crippen MR) is 77.0 cm³/mol. The lowest BCUT2D eigenvalue weighted by Crippen LogP contribution is -2.45. The smallest absolute Gasteiger partial charge is 0.410 e. The van der Waals surface area contributed by atoms with Gasteiger partial charge in [-0.25, -0.2) is 4.79 Å². The van der Waals surface area contributed by atoms with E-state index in [0.717, 1.165) is 0 Å². The Labute approximate surface area is 128 Å². The molecule has 0 aliphatic carbocycles. The van der Waals surface area contributed by atoms with Gasteiger partial charge in [0.2, 0.25) is 0 Å². The summed E-state index contributed by atoms with van der Waals surface area (Å²) in [4.78, 5) is 27.2. The maximum Gasteiger partial charge on any atom is 0.410 e. The molecule has 0 unspecified atom stereocenters. The van der Waals surface area contributed by atoms with Crippen molar-refractivity contribution in [2.24, 2.45) is 5.73 Å². The van der Waals surface area contributed by atoms with Crippen molar-refractivity contribution in [3.05, 3.63) is 5.82 Å². The molecule has 122 valence electrons. The minimum atomic E-state index is -0.631. The van der Waals surface area contributed by atoms with Crippen LogP contribution in [0.2, 0.25) is 0 Å². The van der Waals surface area contributed by atoms with Gasteiger partial charge in [0.15, 0.2) is 11.6 Å². The Bertz CT molecular complexity index is 564. The van der Waals surface area contributed by atoms with Crippen LogP contribution in [0.1, 0.15) is 39.1 Å². The van der Waals surface area contributed by atoms with Crippen molar-refractivity contribution in [2.45, 2.75) is 51.8 Å². The maximum atomic E-state index is 12.3. The van der Waals surface area contributed by atoms with Crippen molar-refractivity contribution in [3.63, 3.8) is 0 Å². The highest BCUT2D eigenvalue weighted by molar-refractivity contribution is 5.89. The largest absolute Gasteiger partial charge is 0.444 e. The van der Waals surface area contributed by atoms with Gasteiger partial charge in [-0.3, -0.25) is 9.69 Å². The summed E-state index contributed by atoms with van der Waals surface area (Å²) in [7, 11) is 0. The summed E-state index contributed by atoms with van der Waals surface area (Å²) >= 11 is 0. The van der Waals surface area contributed by atoms with Gasteiger partial charge in [-0.15, -0.1) is 10.2 Å². The normalized spacial score (nSPS) is 22.0. The molecule has 1 fully saturated rings. The Kier molecular flexibility index (Phi) is 4.45. The second kappa shape index (κ2) is 5.99. The third kappa shape index (κ3) is 3.59. The first-order valence-corrected chi connectivity index (χ1v) is 7.20. The molecule has 0 spiro atoms. The Morgan fingerprint density at radius 1 is 1.41 bits per heavy atom. The van der Waals surface area contributed by atoms with Crippen molar-refractivity contribution < 1.29 is 14.3 Å². The molecule has 2 N–H and O–H groups in total. The molecule has 2 atom stereocenters. The number of likely N-dealkylation sites (tertiary alicyclic amines) is 1. The Morgan fingerprint density at radius 3 is 2.59 bits per heavy atom. The van der Waals surface area contributed by atoms with E-state index in [9.17, 15) is 9.59 Å². The SMILES string of the molecule is Cc1nnn([C@H]2C[C@@H](C(=O)CN)N(C(=O)OC(C)(C)C)C2)n1. The van der Waals surface area contributed by atoms with Gasteiger partial charge in [0.1, 0.15) is 5.60 Å². The van der Waals surface area contributed by atoms with Crippen LogP contribution in [0, 0.1) is 6.92 Å². The van der Waals surface area contributed by atoms with E-state index in [1.165, 1.54) is 9.70 Å². The lowest BCUT2D eigenvalue weighted by molar-refractivity contribution is -0.122. The van der Waals surface area contributed by atoms with Crippen LogP contribution in [-0.4, -0.2) is 61.7 Å². The number of ether oxygens (including phenoxy) is 1. The van der Waals surface area contributed by atoms with Crippen LogP contribution in [0.3, 0.4) is 0 Å². The number of carbonyl (C=O) groups is 2. The molecule has 1 aliphatic heterocycles. The molecule has 2 heterocycles. The zero-order valence-corrected chi connectivity index (χ0v) is 13.3. The molecule has 9 nitrogen and oxygen atoms in total. The molecular formula is C13H22N6O3. The minimum Gasteiger partial charge on any atom is -0.444 e. The first kappa shape index (κ1) is 16.3. The number of aryl methyl sites for hydroxylation is 1. The number of nitrogens with zero attached hydrogens (tertiary/aromatic N) is 5. The van der Waals surface area contributed by atoms with E-state index < -0.39 is 17.7 Å². The second-order valence-corrected chi connectivity index (χ2v) is 6.37. The molecule has 1 aliphatic rings. The Morgan fingerprint density at radius 2 is 2.09 bits per heavy atom. The molecule has 1 amide bonds. The number of carbonyl (C=O) groups excluding carboxylic acids is 2. The monoisotopic (exact) mass is 310 g/mol. The van der Waals surface area contributed by atoms with Gasteiger partial charge < -0.3 is 10.5 Å². The van der Waals surface area contributed by atoms with E-state index in [4.69, 9.17) is 10.5 Å². The van der Waals surface area contributed by atoms with Crippen LogP contribution in [0.4, 0.5) is 4.79 Å². The summed E-state index contributed by atoms with van der Waals surface area (Å²) in [5.74, 6) is 0.336. The zero-order chi connectivity index (χ0) is 16.5. The third-order valence-electron chi connectivity index (χ3n) is 3.33. The molecule has 0 bridgehead atoms. The summed E-state index contributed by atoms with van der Waals surface area (Å²) in [5, 5.41) is 11.9. The van der Waals surface area contributed by atoms with Crippen molar-refractivity contribution in [1.82, 2.24) is 25.1 Å². The van der Waals surface area contributed by atoms with Crippen molar-refractivity contribution in [2.75, 3.05) is 13.1 Å². The summed E-state index contributed by atoms with van der Waals surface area (Å²) in [5.41, 5.74) is 4.82. The van der Waals surface area contributed by atoms with E-state index in [1.54, 1.807) is 27.7 Å². The average molecular weight is 310 g/mol. The van der Waals surface area contributed by atoms with Gasteiger partial charge in [0, 0.05) is 13.0 Å².